The molecule has 2 rings (SSSR count). The van der Waals surface area contributed by atoms with Gasteiger partial charge in [-0.25, -0.2) is 9.78 Å². The first kappa shape index (κ1) is 11.0. The molecule has 0 aliphatic heterocycles. The highest BCUT2D eigenvalue weighted by Gasteiger charge is 2.28. The molecular formula is C7H3Cl3N2O2S. The van der Waals surface area contributed by atoms with Gasteiger partial charge in [0.1, 0.15) is 10.4 Å². The molecule has 2 aromatic heterocycles. The third-order valence-corrected chi connectivity index (χ3v) is 3.20. The number of hydrogen-bond acceptors (Lipinski definition) is 3. The van der Waals surface area contributed by atoms with Crippen molar-refractivity contribution in [2.24, 2.45) is 0 Å². The number of carbonyl (C=O) groups is 1. The number of rotatable bonds is 1. The summed E-state index contributed by atoms with van der Waals surface area (Å²) in [6.45, 7) is 0. The van der Waals surface area contributed by atoms with Crippen LogP contribution in [0.25, 0.3) is 11.0 Å². The zero-order valence-electron chi connectivity index (χ0n) is 6.92. The van der Waals surface area contributed by atoms with E-state index in [1.165, 1.54) is 0 Å². The van der Waals surface area contributed by atoms with E-state index >= 15 is 0 Å². The van der Waals surface area contributed by atoms with Gasteiger partial charge >= 0.3 is 5.97 Å². The number of aromatic carboxylic acids is 1. The number of aromatic nitrogens is 2. The van der Waals surface area contributed by atoms with Gasteiger partial charge in [0.25, 0.3) is 0 Å². The van der Waals surface area contributed by atoms with Crippen molar-refractivity contribution in [1.29, 1.82) is 0 Å². The highest BCUT2D eigenvalue weighted by atomic mass is 35.6. The average molecular weight is 286 g/mol. The number of carboxylic acids is 1. The second-order valence-electron chi connectivity index (χ2n) is 2.72. The number of alkyl halides is 3. The summed E-state index contributed by atoms with van der Waals surface area (Å²) in [5.41, 5.74) is 0.868. The predicted molar refractivity (Wildman–Crippen MR) is 60.2 cm³/mol. The fourth-order valence-electron chi connectivity index (χ4n) is 1.10. The SMILES string of the molecule is O=C(O)c1scc2[nH]c(C(Cl)(Cl)Cl)nc12. The second-order valence-corrected chi connectivity index (χ2v) is 5.88. The summed E-state index contributed by atoms with van der Waals surface area (Å²) in [5, 5.41) is 10.5. The van der Waals surface area contributed by atoms with E-state index in [0.717, 1.165) is 11.3 Å². The number of imidazole rings is 1. The van der Waals surface area contributed by atoms with Gasteiger partial charge in [-0.3, -0.25) is 0 Å². The Morgan fingerprint density at radius 1 is 1.53 bits per heavy atom. The molecule has 0 aliphatic carbocycles. The first-order valence-electron chi connectivity index (χ1n) is 3.67. The molecule has 2 heterocycles. The molecule has 0 radical (unpaired) electrons. The van der Waals surface area contributed by atoms with Crippen molar-refractivity contribution < 1.29 is 9.90 Å². The van der Waals surface area contributed by atoms with Crippen LogP contribution in [-0.2, 0) is 3.79 Å². The van der Waals surface area contributed by atoms with Gasteiger partial charge in [0.05, 0.1) is 5.52 Å². The van der Waals surface area contributed by atoms with Crippen LogP contribution in [-0.4, -0.2) is 21.0 Å². The topological polar surface area (TPSA) is 66.0 Å². The summed E-state index contributed by atoms with van der Waals surface area (Å²) in [5.74, 6) is -0.926. The summed E-state index contributed by atoms with van der Waals surface area (Å²) in [6.07, 6.45) is 0. The Balaban J connectivity index is 2.62. The van der Waals surface area contributed by atoms with Crippen LogP contribution in [0.2, 0.25) is 0 Å². The van der Waals surface area contributed by atoms with E-state index < -0.39 is 9.76 Å². The van der Waals surface area contributed by atoms with Crippen LogP contribution in [0.3, 0.4) is 0 Å². The minimum Gasteiger partial charge on any atom is -0.477 e. The molecule has 2 N–H and O–H groups in total. The quantitative estimate of drug-likeness (QED) is 0.791. The van der Waals surface area contributed by atoms with E-state index in [9.17, 15) is 4.79 Å². The molecule has 0 bridgehead atoms. The summed E-state index contributed by atoms with van der Waals surface area (Å²) >= 11 is 17.9. The molecule has 8 heteroatoms. The molecule has 0 spiro atoms. The second kappa shape index (κ2) is 3.52. The molecule has 2 aromatic rings. The molecule has 80 valence electrons. The van der Waals surface area contributed by atoms with Crippen LogP contribution in [0.1, 0.15) is 15.5 Å². The zero-order valence-corrected chi connectivity index (χ0v) is 10.0. The maximum absolute atomic E-state index is 10.8. The van der Waals surface area contributed by atoms with Crippen LogP contribution >= 0.6 is 46.1 Å². The Morgan fingerprint density at radius 3 is 2.73 bits per heavy atom. The Morgan fingerprint density at radius 2 is 2.20 bits per heavy atom. The van der Waals surface area contributed by atoms with Crippen LogP contribution in [0.5, 0.6) is 0 Å². The Bertz CT molecular complexity index is 528. The molecule has 0 saturated heterocycles. The first-order valence-corrected chi connectivity index (χ1v) is 5.68. The van der Waals surface area contributed by atoms with Crippen LogP contribution in [0.15, 0.2) is 5.38 Å². The van der Waals surface area contributed by atoms with Crippen LogP contribution in [0, 0.1) is 0 Å². The molecule has 0 unspecified atom stereocenters. The normalized spacial score (nSPS) is 12.2. The van der Waals surface area contributed by atoms with Crippen molar-refractivity contribution in [2.75, 3.05) is 0 Å². The van der Waals surface area contributed by atoms with Crippen molar-refractivity contribution in [3.63, 3.8) is 0 Å². The van der Waals surface area contributed by atoms with Crippen molar-refractivity contribution in [1.82, 2.24) is 9.97 Å². The highest BCUT2D eigenvalue weighted by molar-refractivity contribution is 7.13. The minimum atomic E-state index is -1.67. The summed E-state index contributed by atoms with van der Waals surface area (Å²) in [7, 11) is 0. The molecule has 15 heavy (non-hydrogen) atoms. The van der Waals surface area contributed by atoms with Gasteiger partial charge in [0, 0.05) is 5.38 Å². The molecule has 4 nitrogen and oxygen atoms in total. The van der Waals surface area contributed by atoms with E-state index in [4.69, 9.17) is 39.9 Å². The Kier molecular flexibility index (Phi) is 2.58. The van der Waals surface area contributed by atoms with E-state index in [2.05, 4.69) is 9.97 Å². The zero-order chi connectivity index (χ0) is 11.2. The maximum Gasteiger partial charge on any atom is 0.348 e. The van der Waals surface area contributed by atoms with E-state index in [1.54, 1.807) is 5.38 Å². The lowest BCUT2D eigenvalue weighted by Crippen LogP contribution is -2.02. The number of nitrogens with one attached hydrogen (secondary N) is 1. The third kappa shape index (κ3) is 1.92. The lowest BCUT2D eigenvalue weighted by molar-refractivity contribution is 0.0704. The number of halogens is 3. The fourth-order valence-corrected chi connectivity index (χ4v) is 2.15. The Labute approximate surface area is 103 Å². The van der Waals surface area contributed by atoms with Gasteiger partial charge in [0.15, 0.2) is 5.82 Å². The van der Waals surface area contributed by atoms with Crippen molar-refractivity contribution in [3.05, 3.63) is 16.1 Å². The van der Waals surface area contributed by atoms with E-state index in [-0.39, 0.29) is 10.7 Å². The number of thiophene rings is 1. The molecule has 0 fully saturated rings. The van der Waals surface area contributed by atoms with Crippen molar-refractivity contribution >= 4 is 63.1 Å². The lowest BCUT2D eigenvalue weighted by Gasteiger charge is -2.04. The minimum absolute atomic E-state index is 0.118. The van der Waals surface area contributed by atoms with Crippen LogP contribution < -0.4 is 0 Å². The summed E-state index contributed by atoms with van der Waals surface area (Å²) in [4.78, 5) is 17.6. The molecule has 0 amide bonds. The number of carboxylic acid groups (broad SMARTS) is 1. The van der Waals surface area contributed by atoms with E-state index in [0.29, 0.717) is 11.0 Å². The third-order valence-electron chi connectivity index (χ3n) is 1.70. The molecule has 0 atom stereocenters. The van der Waals surface area contributed by atoms with Gasteiger partial charge < -0.3 is 10.1 Å². The van der Waals surface area contributed by atoms with Gasteiger partial charge in [-0.15, -0.1) is 11.3 Å². The molecule has 0 saturated carbocycles. The van der Waals surface area contributed by atoms with Gasteiger partial charge in [0.2, 0.25) is 3.79 Å². The van der Waals surface area contributed by atoms with Crippen molar-refractivity contribution in [2.45, 2.75) is 3.79 Å². The fraction of sp³-hybridized carbons (Fsp3) is 0.143. The monoisotopic (exact) mass is 284 g/mol. The number of nitrogens with zero attached hydrogens (tertiary/aromatic N) is 1. The lowest BCUT2D eigenvalue weighted by atomic mass is 10.4. The standard InChI is InChI=1S/C7H3Cl3N2O2S/c8-7(9,10)6-11-2-1-15-4(5(13)14)3(2)12-6/h1H,(H,11,12)(H,13,14). The average Bonchev–Trinajstić information content (AvgIpc) is 2.56. The molecule has 0 aromatic carbocycles. The van der Waals surface area contributed by atoms with Gasteiger partial charge in [-0.1, -0.05) is 34.8 Å². The highest BCUT2D eigenvalue weighted by Crippen LogP contribution is 2.38. The number of aromatic amines is 1. The molecule has 0 aliphatic rings. The summed E-state index contributed by atoms with van der Waals surface area (Å²) in [6, 6.07) is 0. The largest absolute Gasteiger partial charge is 0.477 e. The van der Waals surface area contributed by atoms with Crippen LogP contribution in [0.4, 0.5) is 0 Å². The van der Waals surface area contributed by atoms with Gasteiger partial charge in [-0.2, -0.15) is 0 Å². The first-order chi connectivity index (χ1) is 6.89. The molecular weight excluding hydrogens is 283 g/mol. The van der Waals surface area contributed by atoms with Crippen molar-refractivity contribution in [3.8, 4) is 0 Å². The predicted octanol–water partition coefficient (Wildman–Crippen LogP) is 3.15. The number of fused-ring (bicyclic) bond motifs is 1. The Hall–Kier alpha value is -0.490. The summed E-state index contributed by atoms with van der Waals surface area (Å²) < 4.78 is -1.67. The smallest absolute Gasteiger partial charge is 0.348 e. The number of hydrogen-bond donors (Lipinski definition) is 2. The maximum atomic E-state index is 10.8. The van der Waals surface area contributed by atoms with Gasteiger partial charge in [-0.05, 0) is 0 Å². The number of H-pyrrole nitrogens is 1. The van der Waals surface area contributed by atoms with E-state index in [1.807, 2.05) is 0 Å².